The molecule has 0 bridgehead atoms. The monoisotopic (exact) mass is 616 g/mol. The second-order valence-corrected chi connectivity index (χ2v) is 11.3. The molecule has 0 aliphatic heterocycles. The highest BCUT2D eigenvalue weighted by Crippen LogP contribution is 2.09. The van der Waals surface area contributed by atoms with Gasteiger partial charge in [-0.25, -0.2) is 4.79 Å². The minimum Gasteiger partial charge on any atom is -0.477 e. The molecule has 0 aromatic carbocycles. The van der Waals surface area contributed by atoms with Crippen molar-refractivity contribution in [3.05, 3.63) is 72.9 Å². The van der Waals surface area contributed by atoms with Crippen LogP contribution in [0.3, 0.4) is 0 Å². The molecule has 0 rings (SSSR count). The second kappa shape index (κ2) is 27.3. The maximum absolute atomic E-state index is 12.4. The van der Waals surface area contributed by atoms with E-state index in [4.69, 9.17) is 14.2 Å². The zero-order chi connectivity index (χ0) is 32.9. The van der Waals surface area contributed by atoms with Gasteiger partial charge in [-0.05, 0) is 51.4 Å². The predicted molar refractivity (Wildman–Crippen MR) is 178 cm³/mol. The van der Waals surface area contributed by atoms with Crippen LogP contribution in [-0.4, -0.2) is 80.6 Å². The lowest BCUT2D eigenvalue weighted by molar-refractivity contribution is -0.887. The Morgan fingerprint density at radius 2 is 1.18 bits per heavy atom. The van der Waals surface area contributed by atoms with Gasteiger partial charge in [0.15, 0.2) is 12.1 Å². The van der Waals surface area contributed by atoms with Crippen molar-refractivity contribution in [3.8, 4) is 0 Å². The van der Waals surface area contributed by atoms with E-state index in [-0.39, 0.29) is 43.1 Å². The van der Waals surface area contributed by atoms with Crippen LogP contribution in [0.25, 0.3) is 0 Å². The molecule has 0 spiro atoms. The number of aliphatic carboxylic acids is 1. The summed E-state index contributed by atoms with van der Waals surface area (Å²) in [6.07, 6.45) is 32.5. The number of hydrogen-bond donors (Lipinski definition) is 1. The van der Waals surface area contributed by atoms with Gasteiger partial charge < -0.3 is 23.8 Å². The van der Waals surface area contributed by atoms with Crippen LogP contribution in [0.1, 0.15) is 84.5 Å². The largest absolute Gasteiger partial charge is 0.477 e. The molecule has 1 N–H and O–H groups in total. The van der Waals surface area contributed by atoms with Gasteiger partial charge in [-0.15, -0.1) is 0 Å². The Hall–Kier alpha value is -3.23. The molecule has 0 saturated carbocycles. The number of rotatable bonds is 26. The van der Waals surface area contributed by atoms with Crippen molar-refractivity contribution in [2.45, 2.75) is 96.6 Å². The normalized spacial score (nSPS) is 14.1. The molecule has 8 heteroatoms. The van der Waals surface area contributed by atoms with Crippen molar-refractivity contribution in [2.24, 2.45) is 0 Å². The molecule has 0 saturated heterocycles. The summed E-state index contributed by atoms with van der Waals surface area (Å²) in [5, 5.41) is 9.47. The summed E-state index contributed by atoms with van der Waals surface area (Å²) >= 11 is 0. The molecule has 0 amide bonds. The highest BCUT2D eigenvalue weighted by molar-refractivity contribution is 5.72. The number of carboxylic acid groups (broad SMARTS) is 1. The number of ether oxygens (including phenoxy) is 3. The summed E-state index contributed by atoms with van der Waals surface area (Å²) in [4.78, 5) is 35.8. The number of esters is 2. The molecule has 0 heterocycles. The molecule has 8 nitrogen and oxygen atoms in total. The Balaban J connectivity index is 4.34. The van der Waals surface area contributed by atoms with Crippen LogP contribution in [0.4, 0.5) is 0 Å². The van der Waals surface area contributed by atoms with E-state index < -0.39 is 24.1 Å². The average molecular weight is 617 g/mol. The summed E-state index contributed by atoms with van der Waals surface area (Å²) in [5.74, 6) is -1.66. The van der Waals surface area contributed by atoms with E-state index in [9.17, 15) is 19.5 Å². The molecular formula is C36H58NO7+. The molecule has 0 aromatic heterocycles. The lowest BCUT2D eigenvalue weighted by Gasteiger charge is -2.31. The highest BCUT2D eigenvalue weighted by Gasteiger charge is 2.31. The molecule has 0 aliphatic rings. The number of allylic oxidation sites excluding steroid dienone is 12. The molecule has 0 fully saturated rings. The lowest BCUT2D eigenvalue weighted by Crippen LogP contribution is -2.50. The topological polar surface area (TPSA) is 99.1 Å². The minimum atomic E-state index is -0.896. The molecule has 0 radical (unpaired) electrons. The molecule has 248 valence electrons. The maximum atomic E-state index is 12.4. The van der Waals surface area contributed by atoms with Crippen molar-refractivity contribution in [1.29, 1.82) is 0 Å². The molecule has 2 unspecified atom stereocenters. The van der Waals surface area contributed by atoms with E-state index in [1.54, 1.807) is 0 Å². The first kappa shape index (κ1) is 40.8. The van der Waals surface area contributed by atoms with E-state index in [0.717, 1.165) is 38.5 Å². The molecule has 0 aliphatic carbocycles. The zero-order valence-corrected chi connectivity index (χ0v) is 27.8. The van der Waals surface area contributed by atoms with E-state index in [2.05, 4.69) is 67.7 Å². The van der Waals surface area contributed by atoms with Gasteiger partial charge in [0, 0.05) is 19.3 Å². The van der Waals surface area contributed by atoms with Gasteiger partial charge in [0.1, 0.15) is 6.61 Å². The van der Waals surface area contributed by atoms with Gasteiger partial charge in [-0.3, -0.25) is 9.59 Å². The summed E-state index contributed by atoms with van der Waals surface area (Å²) in [6, 6.07) is -0.625. The lowest BCUT2D eigenvalue weighted by atomic mass is 10.1. The molecule has 44 heavy (non-hydrogen) atoms. The molecule has 2 atom stereocenters. The van der Waals surface area contributed by atoms with Gasteiger partial charge in [-0.2, -0.15) is 0 Å². The van der Waals surface area contributed by atoms with E-state index in [1.165, 1.54) is 0 Å². The van der Waals surface area contributed by atoms with Gasteiger partial charge in [-0.1, -0.05) is 86.8 Å². The van der Waals surface area contributed by atoms with Crippen molar-refractivity contribution in [3.63, 3.8) is 0 Å². The SMILES string of the molecule is CC/C=C\C/C=C\C/C=C\C/C=C\C/C=C\C/C=C\CCC(=O)OC(COCCC(C(=O)O)[N+](C)(C)C)COC(=O)CCC. The Morgan fingerprint density at radius 1 is 0.682 bits per heavy atom. The Bertz CT molecular complexity index is 954. The van der Waals surface area contributed by atoms with Crippen LogP contribution in [0.5, 0.6) is 0 Å². The van der Waals surface area contributed by atoms with Crippen LogP contribution in [0.15, 0.2) is 72.9 Å². The summed E-state index contributed by atoms with van der Waals surface area (Å²) in [6.45, 7) is 4.13. The molecule has 0 aromatic rings. The number of carboxylic acids is 1. The fourth-order valence-electron chi connectivity index (χ4n) is 3.92. The van der Waals surface area contributed by atoms with Gasteiger partial charge in [0.25, 0.3) is 0 Å². The van der Waals surface area contributed by atoms with Crippen LogP contribution >= 0.6 is 0 Å². The average Bonchev–Trinajstić information content (AvgIpc) is 2.96. The summed E-state index contributed by atoms with van der Waals surface area (Å²) in [7, 11) is 5.44. The fourth-order valence-corrected chi connectivity index (χ4v) is 3.92. The minimum absolute atomic E-state index is 0.0224. The molecular weight excluding hydrogens is 558 g/mol. The number of hydrogen-bond acceptors (Lipinski definition) is 6. The highest BCUT2D eigenvalue weighted by atomic mass is 16.6. The predicted octanol–water partition coefficient (Wildman–Crippen LogP) is 7.29. The first-order valence-electron chi connectivity index (χ1n) is 16.0. The number of carbonyl (C=O) groups excluding carboxylic acids is 2. The third-order valence-electron chi connectivity index (χ3n) is 6.35. The van der Waals surface area contributed by atoms with E-state index in [1.807, 2.05) is 40.2 Å². The smallest absolute Gasteiger partial charge is 0.362 e. The van der Waals surface area contributed by atoms with Gasteiger partial charge in [0.05, 0.1) is 34.4 Å². The standard InChI is InChI=1S/C36H57NO7/c1-6-8-9-10-11-12-13-14-15-16-17-18-19-20-21-22-23-24-25-27-35(39)44-32(31-43-34(38)26-7-2)30-42-29-28-33(36(40)41)37(3,4)5/h8-9,11-12,14-15,17-18,20-21,23-24,32-33H,6-7,10,13,16,19,22,25-31H2,1-5H3/p+1/b9-8-,12-11-,15-14-,18-17-,21-20-,24-23-. The number of nitrogens with zero attached hydrogens (tertiary/aromatic N) is 1. The maximum Gasteiger partial charge on any atom is 0.362 e. The van der Waals surface area contributed by atoms with Crippen LogP contribution < -0.4 is 0 Å². The first-order valence-corrected chi connectivity index (χ1v) is 16.0. The zero-order valence-electron chi connectivity index (χ0n) is 27.8. The Kier molecular flexibility index (Phi) is 25.3. The number of quaternary nitrogens is 1. The second-order valence-electron chi connectivity index (χ2n) is 11.3. The first-order chi connectivity index (χ1) is 21.1. The van der Waals surface area contributed by atoms with Gasteiger partial charge in [0.2, 0.25) is 0 Å². The van der Waals surface area contributed by atoms with E-state index in [0.29, 0.717) is 19.3 Å². The summed E-state index contributed by atoms with van der Waals surface area (Å²) in [5.41, 5.74) is 0. The fraction of sp³-hybridized carbons (Fsp3) is 0.583. The Labute approximate surface area is 266 Å². The van der Waals surface area contributed by atoms with Crippen molar-refractivity contribution in [1.82, 2.24) is 0 Å². The van der Waals surface area contributed by atoms with Crippen molar-refractivity contribution >= 4 is 17.9 Å². The van der Waals surface area contributed by atoms with Crippen LogP contribution in [0, 0.1) is 0 Å². The van der Waals surface area contributed by atoms with Crippen molar-refractivity contribution in [2.75, 3.05) is 41.0 Å². The Morgan fingerprint density at radius 3 is 1.64 bits per heavy atom. The summed E-state index contributed by atoms with van der Waals surface area (Å²) < 4.78 is 16.6. The van der Waals surface area contributed by atoms with Crippen molar-refractivity contribution < 1.29 is 38.2 Å². The van der Waals surface area contributed by atoms with Gasteiger partial charge >= 0.3 is 17.9 Å². The number of likely N-dealkylation sites (N-methyl/N-ethyl adjacent to an activating group) is 1. The van der Waals surface area contributed by atoms with Crippen LogP contribution in [0.2, 0.25) is 0 Å². The van der Waals surface area contributed by atoms with Crippen LogP contribution in [-0.2, 0) is 28.6 Å². The quantitative estimate of drug-likeness (QED) is 0.0472. The third kappa shape index (κ3) is 25.3. The third-order valence-corrected chi connectivity index (χ3v) is 6.35. The van der Waals surface area contributed by atoms with E-state index >= 15 is 0 Å². The number of carbonyl (C=O) groups is 3.